The Morgan fingerprint density at radius 2 is 0.864 bits per heavy atom. The van der Waals surface area contributed by atoms with E-state index >= 15 is 0 Å². The van der Waals surface area contributed by atoms with Gasteiger partial charge in [0, 0.05) is 6.61 Å². The molecule has 22 heavy (non-hydrogen) atoms. The first-order chi connectivity index (χ1) is 9.72. The van der Waals surface area contributed by atoms with Crippen LogP contribution in [0.15, 0.2) is 0 Å². The third-order valence-corrected chi connectivity index (χ3v) is 2.11. The molecule has 0 aliphatic carbocycles. The number of hydrogen-bond acceptors (Lipinski definition) is 10. The predicted molar refractivity (Wildman–Crippen MR) is 76.2 cm³/mol. The molecule has 0 aromatic carbocycles. The van der Waals surface area contributed by atoms with Crippen LogP contribution in [-0.2, 0) is 27.3 Å². The quantitative estimate of drug-likeness (QED) is 0.465. The van der Waals surface area contributed by atoms with Gasteiger partial charge in [-0.15, -0.1) is 13.6 Å². The largest absolute Gasteiger partial charge is 3.00 e. The fourth-order valence-electron chi connectivity index (χ4n) is 0.316. The summed E-state index contributed by atoms with van der Waals surface area (Å²) in [5.41, 5.74) is 0. The summed E-state index contributed by atoms with van der Waals surface area (Å²) in [6.45, 7) is 7.48. The van der Waals surface area contributed by atoms with E-state index in [1.807, 2.05) is 0 Å². The van der Waals surface area contributed by atoms with Crippen molar-refractivity contribution in [1.82, 2.24) is 0 Å². The molecule has 0 radical (unpaired) electrons. The fourth-order valence-corrected chi connectivity index (χ4v) is 0.949. The molecule has 0 aromatic rings. The monoisotopic (exact) mass is 397 g/mol. The summed E-state index contributed by atoms with van der Waals surface area (Å²) in [6, 6.07) is 0. The zero-order chi connectivity index (χ0) is 17.7. The van der Waals surface area contributed by atoms with Crippen molar-refractivity contribution in [3.8, 4) is 0 Å². The zero-order valence-corrected chi connectivity index (χ0v) is 16.7. The van der Waals surface area contributed by atoms with E-state index in [2.05, 4.69) is 13.6 Å². The van der Waals surface area contributed by atoms with Gasteiger partial charge in [0.1, 0.15) is 0 Å². The first-order valence-corrected chi connectivity index (χ1v) is 8.94. The Kier molecular flexibility index (Phi) is 51.4. The maximum atomic E-state index is 9.41. The van der Waals surface area contributed by atoms with Crippen LogP contribution in [0.4, 0.5) is 0 Å². The number of hydrogen-bond donors (Lipinski definition) is 1. The molecule has 0 aliphatic rings. The minimum Gasteiger partial charge on any atom is -0.566 e. The summed E-state index contributed by atoms with van der Waals surface area (Å²) in [5.74, 6) is 0. The van der Waals surface area contributed by atoms with Crippen LogP contribution in [0.2, 0.25) is 0 Å². The molecule has 14 heteroatoms. The van der Waals surface area contributed by atoms with Crippen molar-refractivity contribution in [2.24, 2.45) is 0 Å². The van der Waals surface area contributed by atoms with Gasteiger partial charge in [0.2, 0.25) is 0 Å². The normalized spacial score (nSPS) is 10.1. The second-order valence-electron chi connectivity index (χ2n) is 2.24. The number of aliphatic hydroxyl groups is 1. The molecule has 0 aromatic heterocycles. The van der Waals surface area contributed by atoms with Crippen LogP contribution < -0.4 is 14.7 Å². The van der Waals surface area contributed by atoms with Gasteiger partial charge in [-0.1, -0.05) is 0 Å². The van der Waals surface area contributed by atoms with Crippen LogP contribution in [0, 0.1) is 0 Å². The van der Waals surface area contributed by atoms with Crippen molar-refractivity contribution in [3.63, 3.8) is 0 Å². The Bertz CT molecular complexity index is 218. The molecule has 0 aliphatic heterocycles. The van der Waals surface area contributed by atoms with E-state index in [0.29, 0.717) is 0 Å². The van der Waals surface area contributed by atoms with Crippen molar-refractivity contribution in [2.75, 3.05) is 26.4 Å². The van der Waals surface area contributed by atoms with E-state index < -0.39 is 24.8 Å². The van der Waals surface area contributed by atoms with Gasteiger partial charge in [0.05, 0.1) is 19.8 Å². The van der Waals surface area contributed by atoms with Crippen molar-refractivity contribution in [2.45, 2.75) is 27.7 Å². The van der Waals surface area contributed by atoms with Crippen LogP contribution in [0.3, 0.4) is 0 Å². The molecule has 3 unspecified atom stereocenters. The van der Waals surface area contributed by atoms with Gasteiger partial charge >= 0.3 is 42.1 Å². The Morgan fingerprint density at radius 3 is 0.864 bits per heavy atom. The molecule has 0 rings (SSSR count). The fraction of sp³-hybridized carbons (Fsp3) is 1.00. The molecule has 0 saturated carbocycles. The minimum atomic E-state index is -2.60. The Morgan fingerprint density at radius 1 is 0.727 bits per heavy atom. The smallest absolute Gasteiger partial charge is 0.566 e. The Balaban J connectivity index is -0.0000000591. The average molecular weight is 397 g/mol. The predicted octanol–water partition coefficient (Wildman–Crippen LogP) is -0.260. The SMILES string of the molecule is CCO.CCO[P+](=O)[O-].CCO[P+](=O)[O-].CCO[P+](=O)[O-].[Al+3]. The molecule has 0 bridgehead atoms. The van der Waals surface area contributed by atoms with Gasteiger partial charge in [-0.3, -0.25) is 0 Å². The van der Waals surface area contributed by atoms with Crippen molar-refractivity contribution < 1.29 is 47.1 Å². The summed E-state index contributed by atoms with van der Waals surface area (Å²) in [6.07, 6.45) is 0. The molecule has 1 N–H and O–H groups in total. The summed E-state index contributed by atoms with van der Waals surface area (Å²) in [7, 11) is -7.80. The van der Waals surface area contributed by atoms with E-state index in [-0.39, 0.29) is 43.8 Å². The van der Waals surface area contributed by atoms with Crippen molar-refractivity contribution in [3.05, 3.63) is 0 Å². The first kappa shape index (κ1) is 34.0. The molecule has 0 spiro atoms. The topological polar surface area (TPSA) is 168 Å². The van der Waals surface area contributed by atoms with Gasteiger partial charge in [-0.2, -0.15) is 0 Å². The Labute approximate surface area is 143 Å². The van der Waals surface area contributed by atoms with Gasteiger partial charge in [0.25, 0.3) is 0 Å². The van der Waals surface area contributed by atoms with Crippen LogP contribution in [0.1, 0.15) is 27.7 Å². The molecular formula is C8H21AlO10P3+3. The first-order valence-electron chi connectivity index (χ1n) is 5.65. The average Bonchev–Trinajstić information content (AvgIpc) is 2.30. The summed E-state index contributed by atoms with van der Waals surface area (Å²) in [5, 5.41) is 7.57. The van der Waals surface area contributed by atoms with E-state index in [1.54, 1.807) is 27.7 Å². The van der Waals surface area contributed by atoms with E-state index in [0.717, 1.165) is 0 Å². The van der Waals surface area contributed by atoms with E-state index in [9.17, 15) is 28.4 Å². The third-order valence-electron chi connectivity index (χ3n) is 0.704. The maximum Gasteiger partial charge on any atom is 3.00 e. The zero-order valence-electron chi connectivity index (χ0n) is 12.9. The molecule has 0 saturated heterocycles. The van der Waals surface area contributed by atoms with Crippen molar-refractivity contribution >= 4 is 42.1 Å². The van der Waals surface area contributed by atoms with Crippen molar-refractivity contribution in [1.29, 1.82) is 0 Å². The molecule has 10 nitrogen and oxygen atoms in total. The van der Waals surface area contributed by atoms with Crippen LogP contribution in [0.25, 0.3) is 0 Å². The van der Waals surface area contributed by atoms with E-state index in [4.69, 9.17) is 5.11 Å². The molecule has 3 atom stereocenters. The van der Waals surface area contributed by atoms with Crippen LogP contribution in [0.5, 0.6) is 0 Å². The second kappa shape index (κ2) is 33.2. The standard InChI is InChI=1S/3C2H5O3P.C2H6O.Al/c3*1-2-5-6(3)4;1-2-3;/h3*2H2,1H3;3H,2H2,1H3;/q;;;;+3. The van der Waals surface area contributed by atoms with Gasteiger partial charge in [-0.05, 0) is 41.4 Å². The van der Waals surface area contributed by atoms with E-state index in [1.165, 1.54) is 0 Å². The Hall–Kier alpha value is 0.552. The molecule has 0 heterocycles. The third kappa shape index (κ3) is 86.1. The molecule has 0 amide bonds. The number of rotatable bonds is 6. The minimum absolute atomic E-state index is 0. The van der Waals surface area contributed by atoms with Gasteiger partial charge < -0.3 is 19.8 Å². The van der Waals surface area contributed by atoms with Gasteiger partial charge in [-0.25, -0.2) is 0 Å². The molecule has 128 valence electrons. The maximum absolute atomic E-state index is 9.41. The molecular weight excluding hydrogens is 376 g/mol. The number of aliphatic hydroxyl groups excluding tert-OH is 1. The van der Waals surface area contributed by atoms with Gasteiger partial charge in [0.15, 0.2) is 0 Å². The second-order valence-corrected chi connectivity index (χ2v) is 4.36. The summed E-state index contributed by atoms with van der Waals surface area (Å²) in [4.78, 5) is 28.2. The van der Waals surface area contributed by atoms with Crippen LogP contribution >= 0.6 is 24.8 Å². The van der Waals surface area contributed by atoms with Crippen LogP contribution in [-0.4, -0.2) is 48.9 Å². The summed E-state index contributed by atoms with van der Waals surface area (Å²) >= 11 is 0. The molecule has 0 fully saturated rings. The summed E-state index contributed by atoms with van der Waals surface area (Å²) < 4.78 is 40.2.